The van der Waals surface area contributed by atoms with Gasteiger partial charge in [0.15, 0.2) is 5.76 Å². The Morgan fingerprint density at radius 2 is 2.22 bits per heavy atom. The van der Waals surface area contributed by atoms with Crippen LogP contribution < -0.4 is 5.73 Å². The molecule has 0 radical (unpaired) electrons. The monoisotopic (exact) mass is 323 g/mol. The van der Waals surface area contributed by atoms with Crippen molar-refractivity contribution < 1.29 is 18.7 Å². The summed E-state index contributed by atoms with van der Waals surface area (Å²) in [4.78, 5) is 27.5. The first-order chi connectivity index (χ1) is 10.9. The minimum absolute atomic E-state index is 0.140. The summed E-state index contributed by atoms with van der Waals surface area (Å²) in [7, 11) is 2.00. The Labute approximate surface area is 136 Å². The van der Waals surface area contributed by atoms with Crippen molar-refractivity contribution in [2.45, 2.75) is 26.4 Å². The third-order valence-electron chi connectivity index (χ3n) is 3.95. The number of nitrogens with zero attached hydrogens (tertiary/aromatic N) is 2. The van der Waals surface area contributed by atoms with Crippen LogP contribution in [-0.4, -0.2) is 67.6 Å². The van der Waals surface area contributed by atoms with E-state index in [-0.39, 0.29) is 24.3 Å². The van der Waals surface area contributed by atoms with Gasteiger partial charge in [0.1, 0.15) is 5.76 Å². The molecule has 23 heavy (non-hydrogen) atoms. The molecule has 7 nitrogen and oxygen atoms in total. The summed E-state index contributed by atoms with van der Waals surface area (Å²) in [5.74, 6) is 0.135. The van der Waals surface area contributed by atoms with Crippen molar-refractivity contribution in [3.8, 4) is 0 Å². The van der Waals surface area contributed by atoms with Gasteiger partial charge in [0.2, 0.25) is 5.91 Å². The molecule has 1 aromatic heterocycles. The first-order valence-corrected chi connectivity index (χ1v) is 7.87. The zero-order chi connectivity index (χ0) is 17.0. The van der Waals surface area contributed by atoms with Crippen LogP contribution in [0.15, 0.2) is 10.5 Å². The van der Waals surface area contributed by atoms with E-state index in [1.807, 2.05) is 20.9 Å². The van der Waals surface area contributed by atoms with Crippen molar-refractivity contribution >= 4 is 11.8 Å². The lowest BCUT2D eigenvalue weighted by Crippen LogP contribution is -2.49. The zero-order valence-electron chi connectivity index (χ0n) is 14.0. The van der Waals surface area contributed by atoms with Gasteiger partial charge in [-0.2, -0.15) is 0 Å². The second-order valence-corrected chi connectivity index (χ2v) is 5.98. The molecule has 0 spiro atoms. The standard InChI is InChI=1S/C16H25N3O4/c1-4-13-11(2)7-14(23-13)16(21)19(10-15(17)20)9-12-8-18(3)5-6-22-12/h7,12H,4-6,8-10H2,1-3H3,(H2,17,20). The van der Waals surface area contributed by atoms with Crippen LogP contribution in [-0.2, 0) is 16.0 Å². The maximum absolute atomic E-state index is 12.7. The fraction of sp³-hybridized carbons (Fsp3) is 0.625. The van der Waals surface area contributed by atoms with E-state index in [0.29, 0.717) is 26.1 Å². The average Bonchev–Trinajstić information content (AvgIpc) is 2.86. The Morgan fingerprint density at radius 1 is 1.48 bits per heavy atom. The molecule has 7 heteroatoms. The summed E-state index contributed by atoms with van der Waals surface area (Å²) < 4.78 is 11.3. The Morgan fingerprint density at radius 3 is 2.78 bits per heavy atom. The minimum Gasteiger partial charge on any atom is -0.456 e. The van der Waals surface area contributed by atoms with Crippen LogP contribution in [0.2, 0.25) is 0 Å². The van der Waals surface area contributed by atoms with Crippen LogP contribution in [0.5, 0.6) is 0 Å². The number of likely N-dealkylation sites (N-methyl/N-ethyl adjacent to an activating group) is 1. The molecule has 128 valence electrons. The fourth-order valence-corrected chi connectivity index (χ4v) is 2.76. The Hall–Kier alpha value is -1.86. The number of morpholine rings is 1. The highest BCUT2D eigenvalue weighted by Crippen LogP contribution is 2.17. The molecule has 1 saturated heterocycles. The smallest absolute Gasteiger partial charge is 0.290 e. The number of carbonyl (C=O) groups excluding carboxylic acids is 2. The Balaban J connectivity index is 2.12. The number of amides is 2. The number of nitrogens with two attached hydrogens (primary N) is 1. The number of carbonyl (C=O) groups is 2. The van der Waals surface area contributed by atoms with Crippen LogP contribution in [0.25, 0.3) is 0 Å². The number of rotatable bonds is 6. The number of furan rings is 1. The van der Waals surface area contributed by atoms with Gasteiger partial charge >= 0.3 is 0 Å². The lowest BCUT2D eigenvalue weighted by atomic mass is 10.2. The SMILES string of the molecule is CCc1oc(C(=O)N(CC(N)=O)CC2CN(C)CCO2)cc1C. The van der Waals surface area contributed by atoms with E-state index in [9.17, 15) is 9.59 Å². The molecule has 1 unspecified atom stereocenters. The van der Waals surface area contributed by atoms with E-state index >= 15 is 0 Å². The highest BCUT2D eigenvalue weighted by molar-refractivity contribution is 5.94. The van der Waals surface area contributed by atoms with Gasteiger partial charge in [-0.15, -0.1) is 0 Å². The largest absolute Gasteiger partial charge is 0.456 e. The molecule has 1 atom stereocenters. The van der Waals surface area contributed by atoms with Gasteiger partial charge in [-0.25, -0.2) is 0 Å². The summed E-state index contributed by atoms with van der Waals surface area (Å²) in [5.41, 5.74) is 6.22. The Kier molecular flexibility index (Phi) is 5.79. The van der Waals surface area contributed by atoms with E-state index < -0.39 is 5.91 Å². The van der Waals surface area contributed by atoms with Gasteiger partial charge < -0.3 is 24.7 Å². The van der Waals surface area contributed by atoms with Gasteiger partial charge in [-0.05, 0) is 25.6 Å². The molecule has 0 bridgehead atoms. The lowest BCUT2D eigenvalue weighted by molar-refractivity contribution is -0.119. The van der Waals surface area contributed by atoms with Crippen LogP contribution in [0.3, 0.4) is 0 Å². The highest BCUT2D eigenvalue weighted by Gasteiger charge is 2.27. The summed E-state index contributed by atoms with van der Waals surface area (Å²) in [6.45, 7) is 6.21. The van der Waals surface area contributed by atoms with Gasteiger partial charge in [-0.3, -0.25) is 9.59 Å². The van der Waals surface area contributed by atoms with Gasteiger partial charge in [0.05, 0.1) is 19.3 Å². The second kappa shape index (κ2) is 7.61. The van der Waals surface area contributed by atoms with E-state index in [4.69, 9.17) is 14.9 Å². The van der Waals surface area contributed by atoms with Crippen LogP contribution in [0.1, 0.15) is 28.8 Å². The number of ether oxygens (including phenoxy) is 1. The minimum atomic E-state index is -0.554. The first-order valence-electron chi connectivity index (χ1n) is 7.87. The average molecular weight is 323 g/mol. The Bertz CT molecular complexity index is 570. The van der Waals surface area contributed by atoms with E-state index in [1.165, 1.54) is 4.90 Å². The predicted molar refractivity (Wildman–Crippen MR) is 85.2 cm³/mol. The summed E-state index contributed by atoms with van der Waals surface area (Å²) >= 11 is 0. The molecule has 2 amide bonds. The summed E-state index contributed by atoms with van der Waals surface area (Å²) in [6.07, 6.45) is 0.574. The molecule has 2 heterocycles. The molecule has 2 rings (SSSR count). The maximum atomic E-state index is 12.7. The number of primary amides is 1. The third-order valence-corrected chi connectivity index (χ3v) is 3.95. The molecule has 0 saturated carbocycles. The maximum Gasteiger partial charge on any atom is 0.290 e. The lowest BCUT2D eigenvalue weighted by Gasteiger charge is -2.33. The molecule has 1 aromatic rings. The van der Waals surface area contributed by atoms with E-state index in [2.05, 4.69) is 4.90 Å². The first kappa shape index (κ1) is 17.5. The topological polar surface area (TPSA) is 89.0 Å². The second-order valence-electron chi connectivity index (χ2n) is 5.98. The summed E-state index contributed by atoms with van der Waals surface area (Å²) in [5, 5.41) is 0. The van der Waals surface area contributed by atoms with Crippen molar-refractivity contribution in [3.05, 3.63) is 23.2 Å². The number of hydrogen-bond acceptors (Lipinski definition) is 5. The van der Waals surface area contributed by atoms with Crippen LogP contribution >= 0.6 is 0 Å². The molecular formula is C16H25N3O4. The normalized spacial score (nSPS) is 18.8. The molecule has 1 fully saturated rings. The molecule has 1 aliphatic rings. The van der Waals surface area contributed by atoms with Crippen molar-refractivity contribution in [1.82, 2.24) is 9.80 Å². The van der Waals surface area contributed by atoms with Crippen LogP contribution in [0.4, 0.5) is 0 Å². The van der Waals surface area contributed by atoms with Crippen LogP contribution in [0, 0.1) is 6.92 Å². The van der Waals surface area contributed by atoms with Gasteiger partial charge in [0, 0.05) is 26.1 Å². The van der Waals surface area contributed by atoms with Crippen molar-refractivity contribution in [2.75, 3.05) is 39.8 Å². The zero-order valence-corrected chi connectivity index (χ0v) is 14.0. The highest BCUT2D eigenvalue weighted by atomic mass is 16.5. The number of aryl methyl sites for hydroxylation is 2. The summed E-state index contributed by atoms with van der Waals surface area (Å²) in [6, 6.07) is 1.71. The van der Waals surface area contributed by atoms with Gasteiger partial charge in [-0.1, -0.05) is 6.92 Å². The molecule has 0 aromatic carbocycles. The van der Waals surface area contributed by atoms with Crippen molar-refractivity contribution in [1.29, 1.82) is 0 Å². The molecular weight excluding hydrogens is 298 g/mol. The molecule has 0 aliphatic carbocycles. The van der Waals surface area contributed by atoms with E-state index in [1.54, 1.807) is 6.07 Å². The quantitative estimate of drug-likeness (QED) is 0.819. The fourth-order valence-electron chi connectivity index (χ4n) is 2.76. The predicted octanol–water partition coefficient (Wildman–Crippen LogP) is 0.409. The van der Waals surface area contributed by atoms with Gasteiger partial charge in [0.25, 0.3) is 5.91 Å². The van der Waals surface area contributed by atoms with Crippen molar-refractivity contribution in [3.63, 3.8) is 0 Å². The number of hydrogen-bond donors (Lipinski definition) is 1. The molecule has 2 N–H and O–H groups in total. The molecule has 1 aliphatic heterocycles. The van der Waals surface area contributed by atoms with E-state index in [0.717, 1.165) is 17.9 Å². The third kappa shape index (κ3) is 4.56. The van der Waals surface area contributed by atoms with Crippen molar-refractivity contribution in [2.24, 2.45) is 5.73 Å².